The number of nitrogens with one attached hydrogen (secondary N) is 2. The zero-order chi connectivity index (χ0) is 21.3. The third-order valence-corrected chi connectivity index (χ3v) is 6.36. The zero-order valence-electron chi connectivity index (χ0n) is 16.0. The minimum Gasteiger partial charge on any atom is -0.484 e. The maximum Gasteiger partial charge on any atom is 0.409 e. The summed E-state index contributed by atoms with van der Waals surface area (Å²) in [6.45, 7) is 3.04. The van der Waals surface area contributed by atoms with Gasteiger partial charge in [0.15, 0.2) is 0 Å². The van der Waals surface area contributed by atoms with E-state index in [2.05, 4.69) is 15.7 Å². The number of aryl methyl sites for hydroxylation is 1. The second kappa shape index (κ2) is 7.62. The molecule has 3 N–H and O–H groups in total. The molecule has 156 valence electrons. The monoisotopic (exact) mass is 423 g/mol. The summed E-state index contributed by atoms with van der Waals surface area (Å²) >= 11 is 0. The molecule has 1 aliphatic heterocycles. The summed E-state index contributed by atoms with van der Waals surface area (Å²) in [6, 6.07) is 4.34. The summed E-state index contributed by atoms with van der Waals surface area (Å²) in [7, 11) is -2.38. The van der Waals surface area contributed by atoms with Gasteiger partial charge in [-0.15, -0.1) is 0 Å². The van der Waals surface area contributed by atoms with Crippen molar-refractivity contribution in [1.29, 1.82) is 0 Å². The van der Waals surface area contributed by atoms with E-state index in [9.17, 15) is 18.0 Å². The largest absolute Gasteiger partial charge is 0.484 e. The number of carboxylic acid groups (broad SMARTS) is 1. The number of benzene rings is 1. The van der Waals surface area contributed by atoms with Crippen LogP contribution in [-0.2, 0) is 21.9 Å². The number of nitrogens with zero attached hydrogens (tertiary/aromatic N) is 3. The molecule has 1 unspecified atom stereocenters. The Morgan fingerprint density at radius 3 is 2.69 bits per heavy atom. The quantitative estimate of drug-likeness (QED) is 0.649. The van der Waals surface area contributed by atoms with Gasteiger partial charge >= 0.3 is 6.09 Å². The van der Waals surface area contributed by atoms with Gasteiger partial charge in [-0.05, 0) is 25.1 Å². The fourth-order valence-electron chi connectivity index (χ4n) is 2.96. The van der Waals surface area contributed by atoms with Crippen LogP contribution in [0.5, 0.6) is 5.75 Å². The summed E-state index contributed by atoms with van der Waals surface area (Å²) in [5.41, 5.74) is 0.845. The van der Waals surface area contributed by atoms with Crippen molar-refractivity contribution < 1.29 is 27.9 Å². The fraction of sp³-hybridized carbons (Fsp3) is 0.353. The van der Waals surface area contributed by atoms with E-state index in [0.29, 0.717) is 5.69 Å². The van der Waals surface area contributed by atoms with Crippen molar-refractivity contribution in [3.05, 3.63) is 30.1 Å². The molecule has 3 rings (SSSR count). The Morgan fingerprint density at radius 2 is 2.10 bits per heavy atom. The molecule has 2 heterocycles. The lowest BCUT2D eigenvalue weighted by Gasteiger charge is -2.35. The van der Waals surface area contributed by atoms with Crippen LogP contribution < -0.4 is 19.7 Å². The third-order valence-electron chi connectivity index (χ3n) is 4.48. The topological polar surface area (TPSA) is 143 Å². The Balaban J connectivity index is 2.06. The molecule has 1 aliphatic rings. The number of amides is 2. The molecule has 0 saturated carbocycles. The number of hydrogen-bond donors (Lipinski definition) is 3. The van der Waals surface area contributed by atoms with Crippen LogP contribution in [-0.4, -0.2) is 54.5 Å². The second-order valence-corrected chi connectivity index (χ2v) is 8.37. The Labute approximate surface area is 167 Å². The van der Waals surface area contributed by atoms with Gasteiger partial charge in [-0.25, -0.2) is 13.2 Å². The Hall–Kier alpha value is -3.28. The highest BCUT2D eigenvalue weighted by Crippen LogP contribution is 2.39. The minimum atomic E-state index is -4.02. The highest BCUT2D eigenvalue weighted by molar-refractivity contribution is 7.92. The van der Waals surface area contributed by atoms with Crippen LogP contribution in [0.25, 0.3) is 0 Å². The Morgan fingerprint density at radius 1 is 1.38 bits per heavy atom. The lowest BCUT2D eigenvalue weighted by molar-refractivity contribution is -0.119. The van der Waals surface area contributed by atoms with Gasteiger partial charge < -0.3 is 15.2 Å². The van der Waals surface area contributed by atoms with Crippen molar-refractivity contribution in [2.24, 2.45) is 7.05 Å². The van der Waals surface area contributed by atoms with Crippen LogP contribution in [0.4, 0.5) is 16.2 Å². The van der Waals surface area contributed by atoms with Crippen molar-refractivity contribution in [2.75, 3.05) is 22.7 Å². The average Bonchev–Trinajstić information content (AvgIpc) is 2.98. The van der Waals surface area contributed by atoms with E-state index in [1.54, 1.807) is 14.0 Å². The predicted octanol–water partition coefficient (Wildman–Crippen LogP) is 0.911. The van der Waals surface area contributed by atoms with E-state index in [4.69, 9.17) is 9.84 Å². The molecule has 1 aromatic heterocycles. The SMILES string of the molecule is CC(=O)NCC1CN(S(=O)(=O)c2cnn(C)c2C)c2cc(NC(=O)O)ccc2O1. The molecule has 12 heteroatoms. The minimum absolute atomic E-state index is 0.0303. The number of sulfonamides is 1. The van der Waals surface area contributed by atoms with Gasteiger partial charge in [-0.3, -0.25) is 19.1 Å². The number of rotatable bonds is 5. The smallest absolute Gasteiger partial charge is 0.409 e. The molecule has 0 saturated heterocycles. The molecule has 1 aromatic carbocycles. The molecule has 29 heavy (non-hydrogen) atoms. The maximum atomic E-state index is 13.4. The summed E-state index contributed by atoms with van der Waals surface area (Å²) in [4.78, 5) is 22.2. The first-order valence-electron chi connectivity index (χ1n) is 8.66. The number of ether oxygens (including phenoxy) is 1. The first kappa shape index (κ1) is 20.5. The molecule has 2 amide bonds. The first-order chi connectivity index (χ1) is 13.6. The van der Waals surface area contributed by atoms with E-state index in [1.807, 2.05) is 0 Å². The van der Waals surface area contributed by atoms with Crippen LogP contribution in [0.2, 0.25) is 0 Å². The summed E-state index contributed by atoms with van der Waals surface area (Å²) in [5, 5.41) is 17.8. The van der Waals surface area contributed by atoms with Gasteiger partial charge in [-0.2, -0.15) is 5.10 Å². The van der Waals surface area contributed by atoms with E-state index in [0.717, 1.165) is 4.31 Å². The molecule has 1 atom stereocenters. The van der Waals surface area contributed by atoms with E-state index < -0.39 is 22.2 Å². The van der Waals surface area contributed by atoms with Crippen molar-refractivity contribution in [3.8, 4) is 5.75 Å². The van der Waals surface area contributed by atoms with Crippen LogP contribution in [0.15, 0.2) is 29.3 Å². The Bertz CT molecular complexity index is 1060. The number of aromatic nitrogens is 2. The highest BCUT2D eigenvalue weighted by Gasteiger charge is 2.36. The molecule has 0 spiro atoms. The fourth-order valence-corrected chi connectivity index (χ4v) is 4.64. The van der Waals surface area contributed by atoms with E-state index in [-0.39, 0.29) is 41.0 Å². The van der Waals surface area contributed by atoms with Gasteiger partial charge in [-0.1, -0.05) is 0 Å². The molecular formula is C17H21N5O6S. The van der Waals surface area contributed by atoms with Crippen molar-refractivity contribution in [3.63, 3.8) is 0 Å². The summed E-state index contributed by atoms with van der Waals surface area (Å²) in [6.07, 6.45) is -0.638. The van der Waals surface area contributed by atoms with E-state index >= 15 is 0 Å². The summed E-state index contributed by atoms with van der Waals surface area (Å²) in [5.74, 6) is -0.00873. The lowest BCUT2D eigenvalue weighted by atomic mass is 10.2. The maximum absolute atomic E-state index is 13.4. The molecule has 0 fully saturated rings. The standard InChI is InChI=1S/C17H21N5O6S/c1-10-16(8-19-21(10)3)29(26,27)22-9-13(7-18-11(2)23)28-15-5-4-12(6-14(15)22)20-17(24)25/h4-6,8,13,20H,7,9H2,1-3H3,(H,18,23)(H,24,25). The zero-order valence-corrected chi connectivity index (χ0v) is 16.9. The number of anilines is 2. The highest BCUT2D eigenvalue weighted by atomic mass is 32.2. The van der Waals surface area contributed by atoms with Crippen LogP contribution in [0.3, 0.4) is 0 Å². The number of hydrogen-bond acceptors (Lipinski definition) is 6. The van der Waals surface area contributed by atoms with Gasteiger partial charge in [0, 0.05) is 19.7 Å². The van der Waals surface area contributed by atoms with E-state index in [1.165, 1.54) is 36.0 Å². The number of carbonyl (C=O) groups excluding carboxylic acids is 1. The summed E-state index contributed by atoms with van der Waals surface area (Å²) < 4.78 is 35.2. The molecule has 2 aromatic rings. The van der Waals surface area contributed by atoms with Gasteiger partial charge in [0.2, 0.25) is 5.91 Å². The van der Waals surface area contributed by atoms with Crippen molar-refractivity contribution >= 4 is 33.4 Å². The lowest BCUT2D eigenvalue weighted by Crippen LogP contribution is -2.48. The predicted molar refractivity (Wildman–Crippen MR) is 104 cm³/mol. The van der Waals surface area contributed by atoms with Crippen LogP contribution in [0, 0.1) is 6.92 Å². The molecular weight excluding hydrogens is 402 g/mol. The van der Waals surface area contributed by atoms with Crippen LogP contribution >= 0.6 is 0 Å². The Kier molecular flexibility index (Phi) is 5.38. The normalized spacial score (nSPS) is 16.0. The molecule has 0 aliphatic carbocycles. The van der Waals surface area contributed by atoms with Crippen molar-refractivity contribution in [2.45, 2.75) is 24.8 Å². The first-order valence-corrected chi connectivity index (χ1v) is 10.1. The average molecular weight is 423 g/mol. The number of carbonyl (C=O) groups is 2. The van der Waals surface area contributed by atoms with Gasteiger partial charge in [0.05, 0.1) is 30.7 Å². The third kappa shape index (κ3) is 4.11. The second-order valence-electron chi connectivity index (χ2n) is 6.54. The van der Waals surface area contributed by atoms with Crippen molar-refractivity contribution in [1.82, 2.24) is 15.1 Å². The van der Waals surface area contributed by atoms with Gasteiger partial charge in [0.1, 0.15) is 16.7 Å². The van der Waals surface area contributed by atoms with Gasteiger partial charge in [0.25, 0.3) is 10.0 Å². The van der Waals surface area contributed by atoms with Crippen LogP contribution in [0.1, 0.15) is 12.6 Å². The molecule has 11 nitrogen and oxygen atoms in total. The number of fused-ring (bicyclic) bond motifs is 1. The molecule has 0 radical (unpaired) electrons. The molecule has 0 bridgehead atoms.